The average molecular weight is 364 g/mol. The van der Waals surface area contributed by atoms with E-state index in [2.05, 4.69) is 0 Å². The first-order chi connectivity index (χ1) is 10.4. The molecule has 1 aromatic carbocycles. The van der Waals surface area contributed by atoms with E-state index in [-0.39, 0.29) is 23.8 Å². The van der Waals surface area contributed by atoms with Crippen LogP contribution >= 0.6 is 23.2 Å². The van der Waals surface area contributed by atoms with Crippen LogP contribution in [-0.2, 0) is 20.4 Å². The van der Waals surface area contributed by atoms with E-state index in [4.69, 9.17) is 23.2 Å². The molecule has 0 N–H and O–H groups in total. The molecule has 0 radical (unpaired) electrons. The highest BCUT2D eigenvalue weighted by Gasteiger charge is 2.20. The SMILES string of the molecule is O=C(CCS(=O)(=O)Cc1ccc(Cl)c(Cl)c1)N1CCCCC1. The summed E-state index contributed by atoms with van der Waals surface area (Å²) in [6.07, 6.45) is 3.19. The van der Waals surface area contributed by atoms with Gasteiger partial charge in [-0.05, 0) is 37.0 Å². The van der Waals surface area contributed by atoms with Gasteiger partial charge in [0.15, 0.2) is 9.84 Å². The highest BCUT2D eigenvalue weighted by atomic mass is 35.5. The second-order valence-corrected chi connectivity index (χ2v) is 8.53. The summed E-state index contributed by atoms with van der Waals surface area (Å²) in [5.41, 5.74) is 0.583. The second kappa shape index (κ2) is 7.66. The largest absolute Gasteiger partial charge is 0.343 e. The van der Waals surface area contributed by atoms with Crippen LogP contribution in [0.2, 0.25) is 10.0 Å². The molecule has 0 bridgehead atoms. The van der Waals surface area contributed by atoms with Gasteiger partial charge in [0, 0.05) is 19.5 Å². The third-order valence-corrected chi connectivity index (χ3v) is 6.04. The third kappa shape index (κ3) is 5.14. The Labute approximate surface area is 141 Å². The number of carbonyl (C=O) groups is 1. The fraction of sp³-hybridized carbons (Fsp3) is 0.533. The van der Waals surface area contributed by atoms with Gasteiger partial charge >= 0.3 is 0 Å². The lowest BCUT2D eigenvalue weighted by Gasteiger charge is -2.26. The van der Waals surface area contributed by atoms with Crippen LogP contribution in [0.3, 0.4) is 0 Å². The lowest BCUT2D eigenvalue weighted by molar-refractivity contribution is -0.131. The van der Waals surface area contributed by atoms with Crippen LogP contribution in [0.25, 0.3) is 0 Å². The van der Waals surface area contributed by atoms with Crippen LogP contribution in [0.15, 0.2) is 18.2 Å². The molecule has 1 aliphatic rings. The van der Waals surface area contributed by atoms with E-state index in [1.165, 1.54) is 0 Å². The molecule has 1 heterocycles. The molecule has 7 heteroatoms. The monoisotopic (exact) mass is 363 g/mol. The van der Waals surface area contributed by atoms with E-state index in [0.717, 1.165) is 32.4 Å². The molecular formula is C15H19Cl2NO3S. The topological polar surface area (TPSA) is 54.5 Å². The summed E-state index contributed by atoms with van der Waals surface area (Å²) in [4.78, 5) is 13.8. The first-order valence-corrected chi connectivity index (χ1v) is 9.87. The number of sulfone groups is 1. The number of rotatable bonds is 5. The number of nitrogens with zero attached hydrogens (tertiary/aromatic N) is 1. The van der Waals surface area contributed by atoms with E-state index in [1.807, 2.05) is 0 Å². The van der Waals surface area contributed by atoms with E-state index < -0.39 is 9.84 Å². The molecule has 1 aliphatic heterocycles. The Morgan fingerprint density at radius 2 is 1.77 bits per heavy atom. The number of likely N-dealkylation sites (tertiary alicyclic amines) is 1. The van der Waals surface area contributed by atoms with E-state index >= 15 is 0 Å². The van der Waals surface area contributed by atoms with Gasteiger partial charge in [-0.2, -0.15) is 0 Å². The maximum absolute atomic E-state index is 12.1. The van der Waals surface area contributed by atoms with Crippen molar-refractivity contribution in [1.82, 2.24) is 4.90 Å². The Hall–Kier alpha value is -0.780. The summed E-state index contributed by atoms with van der Waals surface area (Å²) < 4.78 is 24.3. The molecule has 0 aliphatic carbocycles. The molecule has 1 aromatic rings. The van der Waals surface area contributed by atoms with Crippen molar-refractivity contribution in [2.45, 2.75) is 31.4 Å². The highest BCUT2D eigenvalue weighted by Crippen LogP contribution is 2.23. The zero-order valence-electron chi connectivity index (χ0n) is 12.2. The third-order valence-electron chi connectivity index (χ3n) is 3.71. The van der Waals surface area contributed by atoms with Crippen LogP contribution in [-0.4, -0.2) is 38.1 Å². The minimum Gasteiger partial charge on any atom is -0.343 e. The molecule has 1 fully saturated rings. The number of amides is 1. The van der Waals surface area contributed by atoms with Crippen molar-refractivity contribution in [2.75, 3.05) is 18.8 Å². The average Bonchev–Trinajstić information content (AvgIpc) is 2.49. The van der Waals surface area contributed by atoms with Gasteiger partial charge in [0.1, 0.15) is 0 Å². The smallest absolute Gasteiger partial charge is 0.223 e. The van der Waals surface area contributed by atoms with Crippen molar-refractivity contribution in [2.24, 2.45) is 0 Å². The van der Waals surface area contributed by atoms with Crippen molar-refractivity contribution < 1.29 is 13.2 Å². The Morgan fingerprint density at radius 1 is 1.09 bits per heavy atom. The van der Waals surface area contributed by atoms with Gasteiger partial charge in [-0.3, -0.25) is 4.79 Å². The molecule has 2 rings (SSSR count). The van der Waals surface area contributed by atoms with Crippen molar-refractivity contribution in [1.29, 1.82) is 0 Å². The van der Waals surface area contributed by atoms with Crippen LogP contribution in [0.1, 0.15) is 31.2 Å². The number of carbonyl (C=O) groups excluding carboxylic acids is 1. The number of halogens is 2. The summed E-state index contributed by atoms with van der Waals surface area (Å²) in [6.45, 7) is 1.48. The molecule has 0 unspecified atom stereocenters. The normalized spacial score (nSPS) is 15.8. The quantitative estimate of drug-likeness (QED) is 0.806. The van der Waals surface area contributed by atoms with Crippen molar-refractivity contribution in [3.05, 3.63) is 33.8 Å². The van der Waals surface area contributed by atoms with Crippen molar-refractivity contribution in [3.63, 3.8) is 0 Å². The molecule has 0 atom stereocenters. The van der Waals surface area contributed by atoms with Crippen LogP contribution < -0.4 is 0 Å². The fourth-order valence-electron chi connectivity index (χ4n) is 2.50. The minimum absolute atomic E-state index is 0.0453. The molecule has 0 saturated carbocycles. The summed E-state index contributed by atoms with van der Waals surface area (Å²) in [5, 5.41) is 0.724. The minimum atomic E-state index is -3.35. The number of hydrogen-bond donors (Lipinski definition) is 0. The van der Waals surface area contributed by atoms with E-state index in [0.29, 0.717) is 15.6 Å². The van der Waals surface area contributed by atoms with E-state index in [9.17, 15) is 13.2 Å². The lowest BCUT2D eigenvalue weighted by Crippen LogP contribution is -2.36. The maximum atomic E-state index is 12.1. The molecule has 22 heavy (non-hydrogen) atoms. The van der Waals surface area contributed by atoms with Crippen LogP contribution in [0.4, 0.5) is 0 Å². The summed E-state index contributed by atoms with van der Waals surface area (Å²) in [7, 11) is -3.35. The zero-order valence-corrected chi connectivity index (χ0v) is 14.6. The Balaban J connectivity index is 1.90. The predicted octanol–water partition coefficient (Wildman–Crippen LogP) is 3.31. The van der Waals surface area contributed by atoms with E-state index in [1.54, 1.807) is 23.1 Å². The fourth-order valence-corrected chi connectivity index (χ4v) is 4.14. The Bertz CT molecular complexity index is 640. The molecule has 0 spiro atoms. The van der Waals surface area contributed by atoms with Gasteiger partial charge in [-0.1, -0.05) is 29.3 Å². The number of benzene rings is 1. The molecule has 1 amide bonds. The number of piperidine rings is 1. The zero-order chi connectivity index (χ0) is 16.2. The first-order valence-electron chi connectivity index (χ1n) is 7.29. The van der Waals surface area contributed by atoms with Gasteiger partial charge in [0.25, 0.3) is 0 Å². The Morgan fingerprint density at radius 3 is 2.41 bits per heavy atom. The van der Waals surface area contributed by atoms with Gasteiger partial charge in [0.05, 0.1) is 21.6 Å². The highest BCUT2D eigenvalue weighted by molar-refractivity contribution is 7.90. The molecular weight excluding hydrogens is 345 g/mol. The van der Waals surface area contributed by atoms with Gasteiger partial charge in [-0.15, -0.1) is 0 Å². The Kier molecular flexibility index (Phi) is 6.12. The van der Waals surface area contributed by atoms with Gasteiger partial charge in [0.2, 0.25) is 5.91 Å². The predicted molar refractivity (Wildman–Crippen MR) is 89.0 cm³/mol. The van der Waals surface area contributed by atoms with Crippen molar-refractivity contribution >= 4 is 38.9 Å². The molecule has 0 aromatic heterocycles. The number of hydrogen-bond acceptors (Lipinski definition) is 3. The standard InChI is InChI=1S/C15H19Cl2NO3S/c16-13-5-4-12(10-14(13)17)11-22(20,21)9-6-15(19)18-7-2-1-3-8-18/h4-5,10H,1-3,6-9,11H2. The summed E-state index contributed by atoms with van der Waals surface area (Å²) >= 11 is 11.7. The molecule has 1 saturated heterocycles. The summed E-state index contributed by atoms with van der Waals surface area (Å²) in [5.74, 6) is -0.336. The molecule has 122 valence electrons. The second-order valence-electron chi connectivity index (χ2n) is 5.53. The van der Waals surface area contributed by atoms with Crippen LogP contribution in [0.5, 0.6) is 0 Å². The first kappa shape index (κ1) is 17.6. The van der Waals surface area contributed by atoms with Gasteiger partial charge < -0.3 is 4.90 Å². The van der Waals surface area contributed by atoms with Crippen LogP contribution in [0, 0.1) is 0 Å². The summed E-state index contributed by atoms with van der Waals surface area (Å²) in [6, 6.07) is 4.76. The molecule has 4 nitrogen and oxygen atoms in total. The van der Waals surface area contributed by atoms with Gasteiger partial charge in [-0.25, -0.2) is 8.42 Å². The van der Waals surface area contributed by atoms with Crippen molar-refractivity contribution in [3.8, 4) is 0 Å². The maximum Gasteiger partial charge on any atom is 0.223 e. The lowest BCUT2D eigenvalue weighted by atomic mass is 10.1.